The number of nitrogens with one attached hydrogen (secondary N) is 1. The quantitative estimate of drug-likeness (QED) is 0.247. The Balaban J connectivity index is 1.97. The molecular formula is C25H23ClN2O4S. The highest BCUT2D eigenvalue weighted by Crippen LogP contribution is 2.35. The summed E-state index contributed by atoms with van der Waals surface area (Å²) in [5.74, 6) is -0.0192. The van der Waals surface area contributed by atoms with Crippen molar-refractivity contribution in [3.05, 3.63) is 89.0 Å². The zero-order valence-electron chi connectivity index (χ0n) is 18.1. The maximum absolute atomic E-state index is 12.8. The number of halogens is 1. The van der Waals surface area contributed by atoms with Crippen molar-refractivity contribution < 1.29 is 19.1 Å². The first kappa shape index (κ1) is 24.2. The molecule has 1 aliphatic heterocycles. The Morgan fingerprint density at radius 2 is 1.88 bits per heavy atom. The van der Waals surface area contributed by atoms with Crippen molar-refractivity contribution in [2.45, 2.75) is 13.0 Å². The molecule has 2 amide bonds. The van der Waals surface area contributed by atoms with Gasteiger partial charge in [-0.2, -0.15) is 0 Å². The molecule has 2 aromatic rings. The van der Waals surface area contributed by atoms with Crippen molar-refractivity contribution >= 4 is 46.8 Å². The van der Waals surface area contributed by atoms with Crippen LogP contribution in [0.15, 0.2) is 67.3 Å². The zero-order chi connectivity index (χ0) is 24.0. The van der Waals surface area contributed by atoms with E-state index in [2.05, 4.69) is 18.5 Å². The number of carbonyl (C=O) groups is 2. The molecule has 0 aliphatic carbocycles. The average molecular weight is 483 g/mol. The number of hydrogen-bond acceptors (Lipinski definition) is 5. The van der Waals surface area contributed by atoms with Crippen LogP contribution in [0.2, 0.25) is 5.02 Å². The predicted molar refractivity (Wildman–Crippen MR) is 133 cm³/mol. The van der Waals surface area contributed by atoms with Gasteiger partial charge in [0.25, 0.3) is 11.8 Å². The van der Waals surface area contributed by atoms with Gasteiger partial charge in [0.15, 0.2) is 16.6 Å². The third kappa shape index (κ3) is 5.69. The number of thiocarbonyl (C=S) groups is 1. The number of carbonyl (C=O) groups excluding carboxylic acids is 2. The van der Waals surface area contributed by atoms with Gasteiger partial charge in [0, 0.05) is 17.1 Å². The van der Waals surface area contributed by atoms with Gasteiger partial charge < -0.3 is 9.47 Å². The number of allylic oxidation sites excluding steroid dienone is 1. The van der Waals surface area contributed by atoms with E-state index in [9.17, 15) is 9.59 Å². The highest BCUT2D eigenvalue weighted by Gasteiger charge is 2.32. The van der Waals surface area contributed by atoms with Gasteiger partial charge in [-0.3, -0.25) is 19.8 Å². The molecule has 8 heteroatoms. The van der Waals surface area contributed by atoms with Crippen LogP contribution in [-0.2, 0) is 22.6 Å². The van der Waals surface area contributed by atoms with Gasteiger partial charge in [0.2, 0.25) is 0 Å². The molecule has 0 spiro atoms. The third-order valence-electron chi connectivity index (χ3n) is 4.84. The average Bonchev–Trinajstić information content (AvgIpc) is 2.79. The van der Waals surface area contributed by atoms with E-state index < -0.39 is 11.8 Å². The molecule has 0 radical (unpaired) electrons. The van der Waals surface area contributed by atoms with Crippen LogP contribution in [0.1, 0.15) is 16.7 Å². The molecule has 170 valence electrons. The summed E-state index contributed by atoms with van der Waals surface area (Å²) < 4.78 is 11.6. The molecule has 1 fully saturated rings. The summed E-state index contributed by atoms with van der Waals surface area (Å²) in [6, 6.07) is 10.9. The summed E-state index contributed by atoms with van der Waals surface area (Å²) >= 11 is 11.0. The third-order valence-corrected chi connectivity index (χ3v) is 5.42. The smallest absolute Gasteiger partial charge is 0.265 e. The van der Waals surface area contributed by atoms with Gasteiger partial charge >= 0.3 is 0 Å². The van der Waals surface area contributed by atoms with Gasteiger partial charge in [-0.15, -0.1) is 13.2 Å². The van der Waals surface area contributed by atoms with E-state index in [0.29, 0.717) is 35.1 Å². The van der Waals surface area contributed by atoms with E-state index in [0.717, 1.165) is 11.1 Å². The number of ether oxygens (including phenoxy) is 2. The Kier molecular flexibility index (Phi) is 8.03. The Labute approximate surface area is 203 Å². The summed E-state index contributed by atoms with van der Waals surface area (Å²) in [7, 11) is 1.53. The first-order valence-corrected chi connectivity index (χ1v) is 10.8. The lowest BCUT2D eigenvalue weighted by molar-refractivity contribution is -0.128. The van der Waals surface area contributed by atoms with Crippen LogP contribution in [-0.4, -0.2) is 35.5 Å². The highest BCUT2D eigenvalue weighted by molar-refractivity contribution is 7.80. The van der Waals surface area contributed by atoms with Crippen LogP contribution >= 0.6 is 23.8 Å². The SMILES string of the molecule is C=CCc1cc(/C=C2\C(=O)NC(=S)N(CC=C)C2=O)cc(OC)c1OCc1ccc(Cl)cc1. The number of nitrogens with zero attached hydrogens (tertiary/aromatic N) is 1. The summed E-state index contributed by atoms with van der Waals surface area (Å²) in [6.07, 6.45) is 5.28. The lowest BCUT2D eigenvalue weighted by Gasteiger charge is -2.27. The second-order valence-corrected chi connectivity index (χ2v) is 7.96. The van der Waals surface area contributed by atoms with Crippen molar-refractivity contribution in [2.24, 2.45) is 0 Å². The van der Waals surface area contributed by atoms with E-state index >= 15 is 0 Å². The predicted octanol–water partition coefficient (Wildman–Crippen LogP) is 4.47. The Morgan fingerprint density at radius 3 is 2.52 bits per heavy atom. The first-order valence-electron chi connectivity index (χ1n) is 10.1. The molecule has 0 aromatic heterocycles. The molecule has 2 aromatic carbocycles. The Bertz CT molecular complexity index is 1140. The zero-order valence-corrected chi connectivity index (χ0v) is 19.7. The van der Waals surface area contributed by atoms with Gasteiger partial charge in [-0.1, -0.05) is 35.9 Å². The molecule has 0 saturated carbocycles. The number of methoxy groups -OCH3 is 1. The minimum atomic E-state index is -0.558. The minimum Gasteiger partial charge on any atom is -0.493 e. The number of benzene rings is 2. The summed E-state index contributed by atoms with van der Waals surface area (Å²) in [5, 5.41) is 3.24. The molecule has 33 heavy (non-hydrogen) atoms. The molecule has 1 heterocycles. The molecule has 1 saturated heterocycles. The monoisotopic (exact) mass is 482 g/mol. The Morgan fingerprint density at radius 1 is 1.15 bits per heavy atom. The van der Waals surface area contributed by atoms with Crippen LogP contribution < -0.4 is 14.8 Å². The molecule has 1 N–H and O–H groups in total. The van der Waals surface area contributed by atoms with E-state index in [4.69, 9.17) is 33.3 Å². The molecule has 6 nitrogen and oxygen atoms in total. The molecule has 3 rings (SSSR count). The topological polar surface area (TPSA) is 67.9 Å². The second kappa shape index (κ2) is 10.9. The van der Waals surface area contributed by atoms with Gasteiger partial charge in [-0.05, 0) is 60.1 Å². The Hall–Kier alpha value is -3.42. The summed E-state index contributed by atoms with van der Waals surface area (Å²) in [5.41, 5.74) is 2.31. The lowest BCUT2D eigenvalue weighted by Crippen LogP contribution is -2.53. The summed E-state index contributed by atoms with van der Waals surface area (Å²) in [6.45, 7) is 7.95. The summed E-state index contributed by atoms with van der Waals surface area (Å²) in [4.78, 5) is 26.6. The van der Waals surface area contributed by atoms with Crippen molar-refractivity contribution in [3.63, 3.8) is 0 Å². The fourth-order valence-electron chi connectivity index (χ4n) is 3.28. The van der Waals surface area contributed by atoms with Gasteiger partial charge in [0.05, 0.1) is 7.11 Å². The van der Waals surface area contributed by atoms with Crippen molar-refractivity contribution in [3.8, 4) is 11.5 Å². The second-order valence-electron chi connectivity index (χ2n) is 7.14. The molecule has 1 aliphatic rings. The van der Waals surface area contributed by atoms with Crippen molar-refractivity contribution in [1.29, 1.82) is 0 Å². The van der Waals surface area contributed by atoms with E-state index in [1.165, 1.54) is 24.2 Å². The fourth-order valence-corrected chi connectivity index (χ4v) is 3.66. The van der Waals surface area contributed by atoms with Crippen LogP contribution in [0.25, 0.3) is 6.08 Å². The molecular weight excluding hydrogens is 460 g/mol. The number of rotatable bonds is 9. The lowest BCUT2D eigenvalue weighted by atomic mass is 10.0. The number of hydrogen-bond donors (Lipinski definition) is 1. The van der Waals surface area contributed by atoms with E-state index in [1.807, 2.05) is 18.2 Å². The van der Waals surface area contributed by atoms with Crippen molar-refractivity contribution in [1.82, 2.24) is 10.2 Å². The highest BCUT2D eigenvalue weighted by atomic mass is 35.5. The maximum Gasteiger partial charge on any atom is 0.265 e. The van der Waals surface area contributed by atoms with Crippen molar-refractivity contribution in [2.75, 3.05) is 13.7 Å². The van der Waals surface area contributed by atoms with Crippen LogP contribution in [0, 0.1) is 0 Å². The van der Waals surface area contributed by atoms with Crippen LogP contribution in [0.5, 0.6) is 11.5 Å². The van der Waals surface area contributed by atoms with Crippen LogP contribution in [0.3, 0.4) is 0 Å². The first-order chi connectivity index (χ1) is 15.9. The van der Waals surface area contributed by atoms with Crippen LogP contribution in [0.4, 0.5) is 0 Å². The minimum absolute atomic E-state index is 0.0353. The standard InChI is InChI=1S/C25H23ClN2O4S/c1-4-6-18-12-17(13-20-23(29)27-25(33)28(11-5-2)24(20)30)14-21(31-3)22(18)32-15-16-7-9-19(26)10-8-16/h4-5,7-10,12-14H,1-2,6,11,15H2,3H3,(H,27,29,33)/b20-13+. The molecule has 0 bridgehead atoms. The maximum atomic E-state index is 12.8. The molecule has 0 atom stereocenters. The fraction of sp³-hybridized carbons (Fsp3) is 0.160. The van der Waals surface area contributed by atoms with E-state index in [-0.39, 0.29) is 17.2 Å². The number of amides is 2. The van der Waals surface area contributed by atoms with E-state index in [1.54, 1.807) is 24.3 Å². The normalized spacial score (nSPS) is 14.8. The molecule has 0 unspecified atom stereocenters. The van der Waals surface area contributed by atoms with Gasteiger partial charge in [0.1, 0.15) is 12.2 Å². The van der Waals surface area contributed by atoms with Gasteiger partial charge in [-0.25, -0.2) is 0 Å². The largest absolute Gasteiger partial charge is 0.493 e.